The maximum Gasteiger partial charge on any atom is 0.414 e. The van der Waals surface area contributed by atoms with Gasteiger partial charge in [0, 0.05) is 41.3 Å². The van der Waals surface area contributed by atoms with Crippen LogP contribution in [0, 0.1) is 6.92 Å². The van der Waals surface area contributed by atoms with Crippen LogP contribution in [0.4, 0.5) is 16.2 Å². The van der Waals surface area contributed by atoms with E-state index in [4.69, 9.17) is 8.92 Å². The van der Waals surface area contributed by atoms with Crippen LogP contribution in [-0.4, -0.2) is 37.8 Å². The molecule has 1 saturated heterocycles. The minimum atomic E-state index is -0.383. The molecule has 1 fully saturated rings. The molecule has 160 valence electrons. The fourth-order valence-electron chi connectivity index (χ4n) is 3.22. The quantitative estimate of drug-likeness (QED) is 0.514. The van der Waals surface area contributed by atoms with E-state index in [1.807, 2.05) is 69.3 Å². The molecule has 2 aromatic rings. The maximum absolute atomic E-state index is 12.3. The zero-order valence-corrected chi connectivity index (χ0v) is 18.5. The topological polar surface area (TPSA) is 59.1 Å². The summed E-state index contributed by atoms with van der Waals surface area (Å²) in [6, 6.07) is 15.5. The first kappa shape index (κ1) is 22.2. The van der Waals surface area contributed by atoms with Gasteiger partial charge in [0.15, 0.2) is 0 Å². The van der Waals surface area contributed by atoms with Crippen LogP contribution in [0.5, 0.6) is 0 Å². The summed E-state index contributed by atoms with van der Waals surface area (Å²) in [7, 11) is 0. The van der Waals surface area contributed by atoms with Crippen molar-refractivity contribution in [1.82, 2.24) is 0 Å². The average molecular weight is 429 g/mol. The number of anilines is 2. The van der Waals surface area contributed by atoms with Gasteiger partial charge in [-0.3, -0.25) is 9.69 Å². The fraction of sp³-hybridized carbons (Fsp3) is 0.391. The number of nitrogens with zero attached hydrogens (tertiary/aromatic N) is 2. The molecule has 1 atom stereocenters. The third kappa shape index (κ3) is 5.55. The number of hydrogen-bond acceptors (Lipinski definition) is 5. The van der Waals surface area contributed by atoms with Gasteiger partial charge in [-0.05, 0) is 49.7 Å². The van der Waals surface area contributed by atoms with E-state index < -0.39 is 0 Å². The minimum absolute atomic E-state index is 0.0912. The molecule has 1 unspecified atom stereocenters. The highest BCUT2D eigenvalue weighted by Gasteiger charge is 2.32. The molecule has 0 bridgehead atoms. The highest BCUT2D eigenvalue weighted by Crippen LogP contribution is 2.27. The van der Waals surface area contributed by atoms with Crippen molar-refractivity contribution < 1.29 is 18.5 Å². The van der Waals surface area contributed by atoms with Crippen molar-refractivity contribution in [2.24, 2.45) is 0 Å². The zero-order valence-electron chi connectivity index (χ0n) is 17.7. The lowest BCUT2D eigenvalue weighted by Gasteiger charge is -2.22. The molecule has 1 aliphatic heterocycles. The predicted octanol–water partition coefficient (Wildman–Crippen LogP) is 5.20. The summed E-state index contributed by atoms with van der Waals surface area (Å²) in [6.07, 6.45) is 0.636. The Bertz CT molecular complexity index is 855. The Kier molecular flexibility index (Phi) is 7.76. The Hall–Kier alpha value is -2.51. The highest BCUT2D eigenvalue weighted by atomic mass is 32.2. The molecule has 2 aromatic carbocycles. The Balaban J connectivity index is 1.56. The molecule has 0 N–H and O–H groups in total. The van der Waals surface area contributed by atoms with Gasteiger partial charge in [-0.1, -0.05) is 31.5 Å². The van der Waals surface area contributed by atoms with Gasteiger partial charge in [0.25, 0.3) is 0 Å². The number of rotatable bonds is 9. The number of benzene rings is 2. The molecule has 0 aromatic heterocycles. The second kappa shape index (κ2) is 10.5. The smallest absolute Gasteiger partial charge is 0.414 e. The van der Waals surface area contributed by atoms with Crippen molar-refractivity contribution in [3.05, 3.63) is 54.1 Å². The minimum Gasteiger partial charge on any atom is -0.441 e. The SMILES string of the molecule is CCCN(C(=O)CC)c1ccc(N2CC(COSc3ccc(C)cc3)OC2=O)cc1. The second-order valence-corrected chi connectivity index (χ2v) is 8.09. The average Bonchev–Trinajstić information content (AvgIpc) is 3.13. The lowest BCUT2D eigenvalue weighted by molar-refractivity contribution is -0.118. The van der Waals surface area contributed by atoms with Crippen molar-refractivity contribution in [3.8, 4) is 0 Å². The van der Waals surface area contributed by atoms with E-state index >= 15 is 0 Å². The Labute approximate surface area is 182 Å². The van der Waals surface area contributed by atoms with E-state index in [0.717, 1.165) is 22.7 Å². The summed E-state index contributed by atoms with van der Waals surface area (Å²) in [5, 5.41) is 0. The van der Waals surface area contributed by atoms with Crippen LogP contribution in [-0.2, 0) is 13.7 Å². The molecule has 0 saturated carbocycles. The largest absolute Gasteiger partial charge is 0.441 e. The fourth-order valence-corrected chi connectivity index (χ4v) is 3.82. The van der Waals surface area contributed by atoms with Crippen molar-refractivity contribution in [1.29, 1.82) is 0 Å². The summed E-state index contributed by atoms with van der Waals surface area (Å²) < 4.78 is 11.1. The first-order valence-electron chi connectivity index (χ1n) is 10.3. The molecule has 30 heavy (non-hydrogen) atoms. The molecule has 7 heteroatoms. The van der Waals surface area contributed by atoms with Gasteiger partial charge in [0.05, 0.1) is 6.54 Å². The summed E-state index contributed by atoms with van der Waals surface area (Å²) in [4.78, 5) is 28.9. The molecule has 0 radical (unpaired) electrons. The third-order valence-electron chi connectivity index (χ3n) is 4.83. The number of carbonyl (C=O) groups excluding carboxylic acids is 2. The van der Waals surface area contributed by atoms with Crippen LogP contribution in [0.15, 0.2) is 53.4 Å². The maximum atomic E-state index is 12.3. The van der Waals surface area contributed by atoms with Gasteiger partial charge in [-0.2, -0.15) is 0 Å². The number of aryl methyl sites for hydroxylation is 1. The number of hydrogen-bond donors (Lipinski definition) is 0. The van der Waals surface area contributed by atoms with Crippen LogP contribution in [0.3, 0.4) is 0 Å². The summed E-state index contributed by atoms with van der Waals surface area (Å²) in [5.74, 6) is 0.0912. The van der Waals surface area contributed by atoms with E-state index in [-0.39, 0.29) is 18.1 Å². The van der Waals surface area contributed by atoms with E-state index in [1.54, 1.807) is 9.80 Å². The predicted molar refractivity (Wildman–Crippen MR) is 120 cm³/mol. The number of ether oxygens (including phenoxy) is 1. The van der Waals surface area contributed by atoms with Crippen LogP contribution in [0.25, 0.3) is 0 Å². The van der Waals surface area contributed by atoms with Gasteiger partial charge in [-0.25, -0.2) is 4.79 Å². The van der Waals surface area contributed by atoms with E-state index in [1.165, 1.54) is 17.6 Å². The number of amides is 2. The first-order chi connectivity index (χ1) is 14.5. The van der Waals surface area contributed by atoms with E-state index in [0.29, 0.717) is 26.1 Å². The standard InChI is InChI=1S/C23H28N2O4S/c1-4-14-24(22(26)5-2)18-8-10-19(11-9-18)25-15-20(29-23(25)27)16-28-30-21-12-6-17(3)7-13-21/h6-13,20H,4-5,14-16H2,1-3H3. The molecule has 1 heterocycles. The Morgan fingerprint density at radius 1 is 1.17 bits per heavy atom. The first-order valence-corrected chi connectivity index (χ1v) is 11.0. The highest BCUT2D eigenvalue weighted by molar-refractivity contribution is 7.94. The molecule has 3 rings (SSSR count). The molecule has 0 spiro atoms. The lowest BCUT2D eigenvalue weighted by Crippen LogP contribution is -2.31. The Morgan fingerprint density at radius 2 is 1.87 bits per heavy atom. The number of cyclic esters (lactones) is 1. The molecule has 6 nitrogen and oxygen atoms in total. The van der Waals surface area contributed by atoms with Gasteiger partial charge < -0.3 is 13.8 Å². The lowest BCUT2D eigenvalue weighted by atomic mass is 10.2. The van der Waals surface area contributed by atoms with Crippen LogP contribution in [0.1, 0.15) is 32.3 Å². The zero-order chi connectivity index (χ0) is 21.5. The second-order valence-electron chi connectivity index (χ2n) is 7.21. The third-order valence-corrected chi connectivity index (χ3v) is 5.55. The normalized spacial score (nSPS) is 15.9. The summed E-state index contributed by atoms with van der Waals surface area (Å²) in [6.45, 7) is 7.36. The molecule has 0 aliphatic carbocycles. The van der Waals surface area contributed by atoms with Gasteiger partial charge >= 0.3 is 6.09 Å². The van der Waals surface area contributed by atoms with Crippen LogP contribution < -0.4 is 9.80 Å². The van der Waals surface area contributed by atoms with Crippen molar-refractivity contribution in [3.63, 3.8) is 0 Å². The molecular weight excluding hydrogens is 400 g/mol. The van der Waals surface area contributed by atoms with Gasteiger partial charge in [0.2, 0.25) is 5.91 Å². The Morgan fingerprint density at radius 3 is 2.50 bits per heavy atom. The summed E-state index contributed by atoms with van der Waals surface area (Å²) >= 11 is 1.28. The van der Waals surface area contributed by atoms with Crippen molar-refractivity contribution in [2.75, 3.05) is 29.5 Å². The van der Waals surface area contributed by atoms with Crippen molar-refractivity contribution >= 4 is 35.4 Å². The molecule has 1 aliphatic rings. The number of carbonyl (C=O) groups is 2. The molecule has 2 amide bonds. The van der Waals surface area contributed by atoms with Crippen molar-refractivity contribution in [2.45, 2.75) is 44.6 Å². The molecular formula is C23H28N2O4S. The van der Waals surface area contributed by atoms with Crippen LogP contribution in [0.2, 0.25) is 0 Å². The van der Waals surface area contributed by atoms with Gasteiger partial charge in [-0.15, -0.1) is 0 Å². The summed E-state index contributed by atoms with van der Waals surface area (Å²) in [5.41, 5.74) is 2.79. The van der Waals surface area contributed by atoms with Crippen LogP contribution >= 0.6 is 12.0 Å². The van der Waals surface area contributed by atoms with E-state index in [2.05, 4.69) is 0 Å². The van der Waals surface area contributed by atoms with Gasteiger partial charge in [0.1, 0.15) is 12.7 Å². The van der Waals surface area contributed by atoms with E-state index in [9.17, 15) is 9.59 Å². The monoisotopic (exact) mass is 428 g/mol.